The number of amides is 2. The summed E-state index contributed by atoms with van der Waals surface area (Å²) in [5, 5.41) is 0. The van der Waals surface area contributed by atoms with Gasteiger partial charge in [0.25, 0.3) is 0 Å². The van der Waals surface area contributed by atoms with Crippen molar-refractivity contribution < 1.29 is 9.59 Å². The van der Waals surface area contributed by atoms with E-state index >= 15 is 0 Å². The lowest BCUT2D eigenvalue weighted by molar-refractivity contribution is -0.118. The average molecular weight is 324 g/mol. The second kappa shape index (κ2) is 7.77. The fraction of sp³-hybridized carbons (Fsp3) is 0.300. The van der Waals surface area contributed by atoms with Crippen LogP contribution in [-0.2, 0) is 9.59 Å². The van der Waals surface area contributed by atoms with Crippen LogP contribution in [0.25, 0.3) is 0 Å². The number of carbonyl (C=O) groups is 2. The standard InChI is InChI=1S/C20H24N2O2/c1-15-9-5-7-11-19(15)21(17(3)23)13-14-22(18(4)24)20-12-8-6-10-16(20)2/h5-12H,13-14H2,1-4H3. The summed E-state index contributed by atoms with van der Waals surface area (Å²) >= 11 is 0. The van der Waals surface area contributed by atoms with Gasteiger partial charge in [-0.2, -0.15) is 0 Å². The summed E-state index contributed by atoms with van der Waals surface area (Å²) in [6.07, 6.45) is 0. The monoisotopic (exact) mass is 324 g/mol. The first kappa shape index (κ1) is 17.7. The Morgan fingerprint density at radius 3 is 1.33 bits per heavy atom. The summed E-state index contributed by atoms with van der Waals surface area (Å²) in [4.78, 5) is 27.7. The second-order valence-electron chi connectivity index (χ2n) is 5.91. The summed E-state index contributed by atoms with van der Waals surface area (Å²) in [7, 11) is 0. The minimum atomic E-state index is -0.0300. The predicted octanol–water partition coefficient (Wildman–Crippen LogP) is 3.71. The van der Waals surface area contributed by atoms with Gasteiger partial charge in [-0.15, -0.1) is 0 Å². The van der Waals surface area contributed by atoms with Crippen LogP contribution in [0.4, 0.5) is 11.4 Å². The van der Waals surface area contributed by atoms with Crippen molar-refractivity contribution in [3.63, 3.8) is 0 Å². The highest BCUT2D eigenvalue weighted by atomic mass is 16.2. The Balaban J connectivity index is 2.24. The molecule has 0 saturated carbocycles. The van der Waals surface area contributed by atoms with Crippen LogP contribution in [0.3, 0.4) is 0 Å². The van der Waals surface area contributed by atoms with Gasteiger partial charge in [-0.3, -0.25) is 9.59 Å². The van der Waals surface area contributed by atoms with Gasteiger partial charge in [-0.25, -0.2) is 0 Å². The molecule has 0 unspecified atom stereocenters. The van der Waals surface area contributed by atoms with Gasteiger partial charge in [0.15, 0.2) is 0 Å². The van der Waals surface area contributed by atoms with Crippen LogP contribution in [0.15, 0.2) is 48.5 Å². The van der Waals surface area contributed by atoms with Gasteiger partial charge in [0.2, 0.25) is 11.8 Å². The number of benzene rings is 2. The van der Waals surface area contributed by atoms with Crippen LogP contribution < -0.4 is 9.80 Å². The first-order valence-corrected chi connectivity index (χ1v) is 8.09. The highest BCUT2D eigenvalue weighted by Gasteiger charge is 2.18. The van der Waals surface area contributed by atoms with E-state index in [1.807, 2.05) is 62.4 Å². The third-order valence-electron chi connectivity index (χ3n) is 4.12. The van der Waals surface area contributed by atoms with Gasteiger partial charge < -0.3 is 9.80 Å². The highest BCUT2D eigenvalue weighted by molar-refractivity contribution is 5.94. The van der Waals surface area contributed by atoms with E-state index in [0.717, 1.165) is 22.5 Å². The Hall–Kier alpha value is -2.62. The molecule has 0 spiro atoms. The summed E-state index contributed by atoms with van der Waals surface area (Å²) in [6, 6.07) is 15.6. The van der Waals surface area contributed by atoms with Crippen LogP contribution >= 0.6 is 0 Å². The van der Waals surface area contributed by atoms with E-state index < -0.39 is 0 Å². The van der Waals surface area contributed by atoms with Crippen molar-refractivity contribution in [2.45, 2.75) is 27.7 Å². The zero-order chi connectivity index (χ0) is 17.7. The van der Waals surface area contributed by atoms with Crippen molar-refractivity contribution in [3.05, 3.63) is 59.7 Å². The maximum atomic E-state index is 12.1. The van der Waals surface area contributed by atoms with Crippen LogP contribution in [0.1, 0.15) is 25.0 Å². The Labute approximate surface area is 143 Å². The molecule has 24 heavy (non-hydrogen) atoms. The van der Waals surface area contributed by atoms with Gasteiger partial charge >= 0.3 is 0 Å². The van der Waals surface area contributed by atoms with Crippen molar-refractivity contribution in [1.29, 1.82) is 0 Å². The molecule has 0 N–H and O–H groups in total. The summed E-state index contributed by atoms with van der Waals surface area (Å²) in [5.74, 6) is -0.0600. The Bertz CT molecular complexity index is 676. The number of anilines is 2. The minimum absolute atomic E-state index is 0.0300. The van der Waals surface area contributed by atoms with Crippen LogP contribution in [-0.4, -0.2) is 24.9 Å². The highest BCUT2D eigenvalue weighted by Crippen LogP contribution is 2.22. The molecule has 0 bridgehead atoms. The summed E-state index contributed by atoms with van der Waals surface area (Å²) in [5.41, 5.74) is 3.85. The molecule has 0 aliphatic carbocycles. The second-order valence-corrected chi connectivity index (χ2v) is 5.91. The van der Waals surface area contributed by atoms with E-state index in [-0.39, 0.29) is 11.8 Å². The minimum Gasteiger partial charge on any atom is -0.311 e. The van der Waals surface area contributed by atoms with E-state index in [2.05, 4.69) is 0 Å². The van der Waals surface area contributed by atoms with Gasteiger partial charge in [0.05, 0.1) is 0 Å². The first-order chi connectivity index (χ1) is 11.4. The number of rotatable bonds is 5. The molecule has 0 saturated heterocycles. The molecule has 0 aromatic heterocycles. The Morgan fingerprint density at radius 1 is 0.708 bits per heavy atom. The van der Waals surface area contributed by atoms with Crippen molar-refractivity contribution in [2.75, 3.05) is 22.9 Å². The third kappa shape index (κ3) is 4.02. The molecular formula is C20H24N2O2. The number of nitrogens with zero attached hydrogens (tertiary/aromatic N) is 2. The van der Waals surface area contributed by atoms with Gasteiger partial charge in [0, 0.05) is 38.3 Å². The van der Waals surface area contributed by atoms with E-state index in [1.54, 1.807) is 23.6 Å². The number of para-hydroxylation sites is 2. The summed E-state index contributed by atoms with van der Waals surface area (Å²) in [6.45, 7) is 7.98. The lowest BCUT2D eigenvalue weighted by Crippen LogP contribution is -2.40. The zero-order valence-electron chi connectivity index (χ0n) is 14.7. The fourth-order valence-corrected chi connectivity index (χ4v) is 2.83. The van der Waals surface area contributed by atoms with Gasteiger partial charge in [-0.05, 0) is 37.1 Å². The molecule has 4 nitrogen and oxygen atoms in total. The smallest absolute Gasteiger partial charge is 0.223 e. The maximum Gasteiger partial charge on any atom is 0.223 e. The van der Waals surface area contributed by atoms with Crippen molar-refractivity contribution >= 4 is 23.2 Å². The van der Waals surface area contributed by atoms with E-state index in [1.165, 1.54) is 0 Å². The molecule has 0 aliphatic rings. The van der Waals surface area contributed by atoms with Gasteiger partial charge in [-0.1, -0.05) is 36.4 Å². The van der Waals surface area contributed by atoms with Gasteiger partial charge in [0.1, 0.15) is 0 Å². The quantitative estimate of drug-likeness (QED) is 0.841. The maximum absolute atomic E-state index is 12.1. The molecule has 2 rings (SSSR count). The predicted molar refractivity (Wildman–Crippen MR) is 98.4 cm³/mol. The average Bonchev–Trinajstić information content (AvgIpc) is 2.53. The van der Waals surface area contributed by atoms with Crippen LogP contribution in [0, 0.1) is 13.8 Å². The Kier molecular flexibility index (Phi) is 5.74. The molecule has 2 aromatic carbocycles. The molecule has 0 fully saturated rings. The number of aryl methyl sites for hydroxylation is 2. The molecule has 0 radical (unpaired) electrons. The van der Waals surface area contributed by atoms with Crippen molar-refractivity contribution in [1.82, 2.24) is 0 Å². The first-order valence-electron chi connectivity index (χ1n) is 8.09. The van der Waals surface area contributed by atoms with E-state index in [4.69, 9.17) is 0 Å². The molecule has 2 aromatic rings. The Morgan fingerprint density at radius 2 is 1.04 bits per heavy atom. The van der Waals surface area contributed by atoms with Crippen molar-refractivity contribution in [2.24, 2.45) is 0 Å². The lowest BCUT2D eigenvalue weighted by atomic mass is 10.1. The zero-order valence-corrected chi connectivity index (χ0v) is 14.7. The van der Waals surface area contributed by atoms with E-state index in [9.17, 15) is 9.59 Å². The van der Waals surface area contributed by atoms with Crippen LogP contribution in [0.2, 0.25) is 0 Å². The molecule has 4 heteroatoms. The van der Waals surface area contributed by atoms with E-state index in [0.29, 0.717) is 13.1 Å². The largest absolute Gasteiger partial charge is 0.311 e. The number of carbonyl (C=O) groups excluding carboxylic acids is 2. The molecule has 126 valence electrons. The summed E-state index contributed by atoms with van der Waals surface area (Å²) < 4.78 is 0. The lowest BCUT2D eigenvalue weighted by Gasteiger charge is -2.28. The molecular weight excluding hydrogens is 300 g/mol. The third-order valence-corrected chi connectivity index (χ3v) is 4.12. The SMILES string of the molecule is CC(=O)N(CCN(C(C)=O)c1ccccc1C)c1ccccc1C. The van der Waals surface area contributed by atoms with Crippen LogP contribution in [0.5, 0.6) is 0 Å². The molecule has 0 atom stereocenters. The number of hydrogen-bond acceptors (Lipinski definition) is 2. The van der Waals surface area contributed by atoms with Crippen molar-refractivity contribution in [3.8, 4) is 0 Å². The fourth-order valence-electron chi connectivity index (χ4n) is 2.83. The number of hydrogen-bond donors (Lipinski definition) is 0. The normalized spacial score (nSPS) is 10.3. The molecule has 0 aliphatic heterocycles. The topological polar surface area (TPSA) is 40.6 Å². The molecule has 2 amide bonds. The molecule has 0 heterocycles.